The molecule has 6 rings (SSSR count). The fourth-order valence-electron chi connectivity index (χ4n) is 7.22. The number of hydrogen-bond acceptors (Lipinski definition) is 10. The molecular formula is C36H45N5O8S. The average molecular weight is 708 g/mol. The molecule has 0 spiro atoms. The second-order valence-corrected chi connectivity index (χ2v) is 14.4. The highest BCUT2D eigenvalue weighted by atomic mass is 32.2. The van der Waals surface area contributed by atoms with Gasteiger partial charge in [0, 0.05) is 49.4 Å². The third-order valence-electron chi connectivity index (χ3n) is 9.91. The van der Waals surface area contributed by atoms with Crippen LogP contribution in [0.15, 0.2) is 65.6 Å². The minimum absolute atomic E-state index is 0.00838. The van der Waals surface area contributed by atoms with Crippen LogP contribution in [0, 0.1) is 0 Å². The van der Waals surface area contributed by atoms with E-state index in [1.165, 1.54) is 45.6 Å². The van der Waals surface area contributed by atoms with Crippen LogP contribution in [0.25, 0.3) is 0 Å². The molecule has 14 heteroatoms. The maximum atomic E-state index is 15.2. The first-order valence-corrected chi connectivity index (χ1v) is 18.2. The van der Waals surface area contributed by atoms with Crippen LogP contribution in [-0.2, 0) is 20.4 Å². The minimum Gasteiger partial charge on any atom is -0.497 e. The van der Waals surface area contributed by atoms with Gasteiger partial charge >= 0.3 is 6.03 Å². The van der Waals surface area contributed by atoms with Crippen molar-refractivity contribution >= 4 is 27.6 Å². The van der Waals surface area contributed by atoms with Crippen LogP contribution < -0.4 is 28.6 Å². The summed E-state index contributed by atoms with van der Waals surface area (Å²) in [7, 11) is 1.78. The number of benzene rings is 3. The Labute approximate surface area is 293 Å². The van der Waals surface area contributed by atoms with E-state index in [1.807, 2.05) is 6.92 Å². The van der Waals surface area contributed by atoms with E-state index in [4.69, 9.17) is 18.9 Å². The lowest BCUT2D eigenvalue weighted by Gasteiger charge is -2.43. The molecule has 3 aromatic carbocycles. The van der Waals surface area contributed by atoms with Gasteiger partial charge < -0.3 is 34.1 Å². The number of ether oxygens (including phenoxy) is 4. The zero-order valence-electron chi connectivity index (χ0n) is 29.2. The number of sulfonamides is 1. The average Bonchev–Trinajstić information content (AvgIpc) is 3.39. The summed E-state index contributed by atoms with van der Waals surface area (Å²) < 4.78 is 52.4. The first-order chi connectivity index (χ1) is 24.1. The second-order valence-electron chi connectivity index (χ2n) is 12.6. The summed E-state index contributed by atoms with van der Waals surface area (Å²) in [6, 6.07) is 15.8. The van der Waals surface area contributed by atoms with Gasteiger partial charge in [-0.1, -0.05) is 18.2 Å². The van der Waals surface area contributed by atoms with Crippen molar-refractivity contribution in [3.05, 3.63) is 71.8 Å². The molecule has 0 aliphatic carbocycles. The fraction of sp³-hybridized carbons (Fsp3) is 0.444. The molecule has 0 radical (unpaired) electrons. The topological polar surface area (TPSA) is 130 Å². The molecule has 50 heavy (non-hydrogen) atoms. The number of methoxy groups -OCH3 is 3. The summed E-state index contributed by atoms with van der Waals surface area (Å²) in [6.45, 7) is 6.45. The van der Waals surface area contributed by atoms with Crippen LogP contribution in [0.5, 0.6) is 23.0 Å². The Bertz CT molecular complexity index is 1840. The maximum absolute atomic E-state index is 15.2. The highest BCUT2D eigenvalue weighted by Gasteiger charge is 2.59. The number of amides is 3. The first kappa shape index (κ1) is 35.3. The van der Waals surface area contributed by atoms with Crippen molar-refractivity contribution in [2.75, 3.05) is 78.6 Å². The van der Waals surface area contributed by atoms with Gasteiger partial charge in [0.2, 0.25) is 0 Å². The van der Waals surface area contributed by atoms with Gasteiger partial charge in [-0.25, -0.2) is 13.2 Å². The van der Waals surface area contributed by atoms with Gasteiger partial charge in [-0.2, -0.15) is 4.31 Å². The van der Waals surface area contributed by atoms with Crippen LogP contribution in [-0.4, -0.2) is 115 Å². The number of carbonyl (C=O) groups excluding carboxylic acids is 2. The molecule has 3 amide bonds. The second kappa shape index (κ2) is 14.4. The van der Waals surface area contributed by atoms with E-state index < -0.39 is 27.5 Å². The van der Waals surface area contributed by atoms with Gasteiger partial charge in [0.25, 0.3) is 15.9 Å². The van der Waals surface area contributed by atoms with Gasteiger partial charge in [0.1, 0.15) is 27.9 Å². The van der Waals surface area contributed by atoms with Gasteiger partial charge in [-0.05, 0) is 76.3 Å². The number of fused-ring (bicyclic) bond motifs is 1. The van der Waals surface area contributed by atoms with E-state index in [9.17, 15) is 13.2 Å². The molecule has 268 valence electrons. The first-order valence-electron chi connectivity index (χ1n) is 16.8. The van der Waals surface area contributed by atoms with E-state index in [1.54, 1.807) is 41.3 Å². The Balaban J connectivity index is 1.45. The number of nitrogens with one attached hydrogen (secondary N) is 1. The number of anilines is 1. The van der Waals surface area contributed by atoms with Crippen LogP contribution >= 0.6 is 0 Å². The lowest BCUT2D eigenvalue weighted by Crippen LogP contribution is -2.61. The van der Waals surface area contributed by atoms with Crippen LogP contribution in [0.4, 0.5) is 10.5 Å². The summed E-state index contributed by atoms with van der Waals surface area (Å²) in [5.74, 6) is 0.166. The highest BCUT2D eigenvalue weighted by Crippen LogP contribution is 2.51. The predicted molar refractivity (Wildman–Crippen MR) is 188 cm³/mol. The molecule has 1 unspecified atom stereocenters. The van der Waals surface area contributed by atoms with Crippen molar-refractivity contribution < 1.29 is 37.0 Å². The van der Waals surface area contributed by atoms with Crippen LogP contribution in [0.3, 0.4) is 0 Å². The molecule has 0 bridgehead atoms. The molecule has 3 aromatic rings. The van der Waals surface area contributed by atoms with E-state index in [0.29, 0.717) is 55.0 Å². The van der Waals surface area contributed by atoms with Crippen molar-refractivity contribution in [1.82, 2.24) is 20.0 Å². The maximum Gasteiger partial charge on any atom is 0.318 e. The number of rotatable bonds is 10. The molecule has 2 fully saturated rings. The summed E-state index contributed by atoms with van der Waals surface area (Å²) in [5, 5.41) is 3.05. The number of urea groups is 1. The number of nitrogens with zero attached hydrogens (tertiary/aromatic N) is 4. The monoisotopic (exact) mass is 707 g/mol. The van der Waals surface area contributed by atoms with E-state index in [2.05, 4.69) is 22.2 Å². The predicted octanol–water partition coefficient (Wildman–Crippen LogP) is 3.51. The van der Waals surface area contributed by atoms with Crippen molar-refractivity contribution in [2.24, 2.45) is 0 Å². The quantitative estimate of drug-likeness (QED) is 0.334. The van der Waals surface area contributed by atoms with Gasteiger partial charge in [0.15, 0.2) is 5.54 Å². The zero-order chi connectivity index (χ0) is 35.6. The zero-order valence-corrected chi connectivity index (χ0v) is 30.0. The molecule has 3 aliphatic rings. The molecule has 0 aromatic heterocycles. The molecular weight excluding hydrogens is 662 g/mol. The van der Waals surface area contributed by atoms with Crippen LogP contribution in [0.1, 0.15) is 30.9 Å². The molecule has 3 heterocycles. The number of likely N-dealkylation sites (tertiary alicyclic amines) is 1. The number of hydrogen-bond donors (Lipinski definition) is 1. The third kappa shape index (κ3) is 6.20. The molecule has 3 aliphatic heterocycles. The lowest BCUT2D eigenvalue weighted by atomic mass is 9.83. The molecule has 13 nitrogen and oxygen atoms in total. The highest BCUT2D eigenvalue weighted by molar-refractivity contribution is 7.93. The largest absolute Gasteiger partial charge is 0.497 e. The van der Waals surface area contributed by atoms with E-state index >= 15 is 4.79 Å². The van der Waals surface area contributed by atoms with Crippen molar-refractivity contribution in [2.45, 2.75) is 36.2 Å². The smallest absolute Gasteiger partial charge is 0.318 e. The number of carbonyl (C=O) groups is 2. The Morgan fingerprint density at radius 2 is 1.50 bits per heavy atom. The standard InChI is InChI=1S/C36H45N5O8S/c1-6-49-31-10-8-7-9-28(31)36(37-35(43)40-21-19-39(20-22-40)25-15-17-38(2)18-16-25)29-23-26(46-3)11-13-30(29)41(34(36)42)50(44,45)33-14-12-27(47-4)24-32(33)48-5/h7-14,23-25H,6,15-22H2,1-5H3,(H,37,43). The Morgan fingerprint density at radius 1 is 0.840 bits per heavy atom. The summed E-state index contributed by atoms with van der Waals surface area (Å²) in [6.07, 6.45) is 2.16. The van der Waals surface area contributed by atoms with E-state index in [-0.39, 0.29) is 28.5 Å². The Kier molecular flexibility index (Phi) is 10.1. The van der Waals surface area contributed by atoms with Gasteiger partial charge in [-0.15, -0.1) is 0 Å². The Morgan fingerprint density at radius 3 is 2.16 bits per heavy atom. The van der Waals surface area contributed by atoms with Crippen molar-refractivity contribution in [3.8, 4) is 23.0 Å². The van der Waals surface area contributed by atoms with Gasteiger partial charge in [-0.3, -0.25) is 9.69 Å². The van der Waals surface area contributed by atoms with Gasteiger partial charge in [0.05, 0.1) is 33.6 Å². The van der Waals surface area contributed by atoms with E-state index in [0.717, 1.165) is 30.2 Å². The summed E-state index contributed by atoms with van der Waals surface area (Å²) in [5.41, 5.74) is -1.43. The summed E-state index contributed by atoms with van der Waals surface area (Å²) in [4.78, 5) is 35.8. The molecule has 2 saturated heterocycles. The van der Waals surface area contributed by atoms with Crippen molar-refractivity contribution in [1.29, 1.82) is 0 Å². The Hall–Kier alpha value is -4.53. The van der Waals surface area contributed by atoms with Crippen molar-refractivity contribution in [3.63, 3.8) is 0 Å². The SMILES string of the molecule is CCOc1ccccc1C1(NC(=O)N2CCN(C3CCN(C)CC3)CC2)C(=O)N(S(=O)(=O)c2ccc(OC)cc2OC)c2ccc(OC)cc21. The molecule has 0 saturated carbocycles. The number of para-hydroxylation sites is 1. The van der Waals surface area contributed by atoms with Crippen LogP contribution in [0.2, 0.25) is 0 Å². The number of piperazine rings is 1. The fourth-order valence-corrected chi connectivity index (χ4v) is 8.82. The minimum atomic E-state index is -4.63. The third-order valence-corrected chi connectivity index (χ3v) is 11.6. The molecule has 1 N–H and O–H groups in total. The molecule has 1 atom stereocenters. The summed E-state index contributed by atoms with van der Waals surface area (Å²) >= 11 is 0. The lowest BCUT2D eigenvalue weighted by molar-refractivity contribution is -0.121. The number of piperidine rings is 1. The normalized spacial score (nSPS) is 20.4.